The third kappa shape index (κ3) is 4.45. The Hall–Kier alpha value is -3.22. The van der Waals surface area contributed by atoms with Crippen molar-refractivity contribution in [2.75, 3.05) is 0 Å². The van der Waals surface area contributed by atoms with Crippen molar-refractivity contribution in [3.05, 3.63) is 94.9 Å². The fourth-order valence-electron chi connectivity index (χ4n) is 3.56. The molecular weight excluding hydrogens is 405 g/mol. The third-order valence-corrected chi connectivity index (χ3v) is 5.51. The van der Waals surface area contributed by atoms with E-state index in [-0.39, 0.29) is 0 Å². The average molecular weight is 428 g/mol. The molecule has 0 aliphatic carbocycles. The number of pyridine rings is 1. The van der Waals surface area contributed by atoms with Crippen molar-refractivity contribution in [2.45, 2.75) is 19.9 Å². The highest BCUT2D eigenvalue weighted by molar-refractivity contribution is 6.45. The zero-order valence-electron chi connectivity index (χ0n) is 17.3. The molecule has 154 valence electrons. The third-order valence-electron chi connectivity index (χ3n) is 5.17. The highest BCUT2D eigenvalue weighted by Gasteiger charge is 2.16. The molecule has 0 amide bonds. The Kier molecular flexibility index (Phi) is 6.02. The van der Waals surface area contributed by atoms with E-state index in [1.807, 2.05) is 34.9 Å². The molecule has 2 aromatic heterocycles. The average Bonchev–Trinajstić information content (AvgIpc) is 3.16. The van der Waals surface area contributed by atoms with Crippen LogP contribution in [0.3, 0.4) is 0 Å². The first-order valence-electron chi connectivity index (χ1n) is 10.1. The fourth-order valence-corrected chi connectivity index (χ4v) is 3.68. The van der Waals surface area contributed by atoms with Crippen LogP contribution in [0.5, 0.6) is 0 Å². The summed E-state index contributed by atoms with van der Waals surface area (Å²) in [5.74, 6) is 6.25. The van der Waals surface area contributed by atoms with Gasteiger partial charge in [-0.25, -0.2) is 10.8 Å². The number of rotatable bonds is 6. The lowest BCUT2D eigenvalue weighted by atomic mass is 9.94. The van der Waals surface area contributed by atoms with Gasteiger partial charge in [-0.05, 0) is 35.7 Å². The summed E-state index contributed by atoms with van der Waals surface area (Å²) in [6, 6.07) is 19.7. The minimum atomic E-state index is 0.430. The van der Waals surface area contributed by atoms with E-state index in [1.54, 1.807) is 18.3 Å². The predicted molar refractivity (Wildman–Crippen MR) is 129 cm³/mol. The number of aryl methyl sites for hydroxylation is 1. The lowest BCUT2D eigenvalue weighted by Crippen LogP contribution is -2.26. The first kappa shape index (κ1) is 21.0. The molecule has 4 N–H and O–H groups in total. The maximum absolute atomic E-state index is 6.54. The lowest BCUT2D eigenvalue weighted by Gasteiger charge is -2.16. The summed E-state index contributed by atoms with van der Waals surface area (Å²) in [6.45, 7) is 2.57. The number of hydrazine groups is 1. The van der Waals surface area contributed by atoms with Crippen molar-refractivity contribution < 1.29 is 0 Å². The van der Waals surface area contributed by atoms with Gasteiger partial charge in [0.15, 0.2) is 0 Å². The van der Waals surface area contributed by atoms with Gasteiger partial charge in [-0.2, -0.15) is 0 Å². The van der Waals surface area contributed by atoms with Gasteiger partial charge in [-0.3, -0.25) is 4.40 Å². The van der Waals surface area contributed by atoms with E-state index < -0.39 is 0 Å². The van der Waals surface area contributed by atoms with Gasteiger partial charge in [0.05, 0.1) is 23.6 Å². The molecule has 2 heterocycles. The molecule has 0 unspecified atom stereocenters. The number of nitrogens with zero attached hydrogens (tertiary/aromatic N) is 3. The van der Waals surface area contributed by atoms with Gasteiger partial charge in [0.2, 0.25) is 0 Å². The van der Waals surface area contributed by atoms with Crippen LogP contribution >= 0.6 is 11.6 Å². The van der Waals surface area contributed by atoms with Crippen molar-refractivity contribution in [1.29, 1.82) is 0 Å². The number of aromatic nitrogens is 2. The lowest BCUT2D eigenvalue weighted by molar-refractivity contribution is 0.388. The van der Waals surface area contributed by atoms with E-state index in [4.69, 9.17) is 36.0 Å². The van der Waals surface area contributed by atoms with Crippen LogP contribution in [0.4, 0.5) is 0 Å². The topological polar surface area (TPSA) is 72.6 Å². The molecule has 2 aromatic carbocycles. The number of hydrogen-bond acceptors (Lipinski definition) is 4. The Morgan fingerprint density at radius 2 is 1.87 bits per heavy atom. The van der Waals surface area contributed by atoms with Gasteiger partial charge in [-0.15, -0.1) is 0 Å². The first-order valence-corrected chi connectivity index (χ1v) is 10.4. The molecule has 4 rings (SSSR count). The Morgan fingerprint density at radius 1 is 1.13 bits per heavy atom. The zero-order chi connectivity index (χ0) is 22.0. The van der Waals surface area contributed by atoms with Crippen LogP contribution in [0.15, 0.2) is 73.1 Å². The van der Waals surface area contributed by atoms with Gasteiger partial charge in [-0.1, -0.05) is 66.5 Å². The number of imidazole rings is 1. The van der Waals surface area contributed by atoms with Crippen LogP contribution < -0.4 is 17.0 Å². The molecule has 0 saturated carbocycles. The van der Waals surface area contributed by atoms with Crippen molar-refractivity contribution in [2.24, 2.45) is 11.6 Å². The Balaban J connectivity index is 1.71. The minimum absolute atomic E-state index is 0.430. The van der Waals surface area contributed by atoms with Crippen molar-refractivity contribution in [1.82, 2.24) is 14.4 Å². The fraction of sp³-hybridized carbons (Fsp3) is 0.125. The van der Waals surface area contributed by atoms with Crippen LogP contribution in [0.2, 0.25) is 5.02 Å². The molecule has 5 nitrogen and oxygen atoms in total. The molecule has 31 heavy (non-hydrogen) atoms. The second kappa shape index (κ2) is 8.88. The molecule has 0 atom stereocenters. The van der Waals surface area contributed by atoms with E-state index in [1.165, 1.54) is 10.6 Å². The summed E-state index contributed by atoms with van der Waals surface area (Å²) in [7, 11) is 5.90. The normalized spacial score (nSPS) is 11.8. The second-order valence-electron chi connectivity index (χ2n) is 7.40. The molecule has 0 aliphatic rings. The maximum atomic E-state index is 6.54. The molecule has 0 spiro atoms. The van der Waals surface area contributed by atoms with Gasteiger partial charge in [0.25, 0.3) is 0 Å². The Morgan fingerprint density at radius 3 is 2.58 bits per heavy atom. The molecular formula is C24H23BClN5. The maximum Gasteiger partial charge on any atom is 0.137 e. The van der Waals surface area contributed by atoms with Crippen LogP contribution in [-0.2, 0) is 13.0 Å². The van der Waals surface area contributed by atoms with Crippen molar-refractivity contribution in [3.63, 3.8) is 0 Å². The summed E-state index contributed by atoms with van der Waals surface area (Å²) < 4.78 is 1.98. The van der Waals surface area contributed by atoms with Gasteiger partial charge < -0.3 is 10.7 Å². The largest absolute Gasteiger partial charge is 0.396 e. The number of nitrogens with two attached hydrogens (primary N) is 2. The second-order valence-corrected chi connectivity index (χ2v) is 7.81. The number of benzene rings is 2. The molecule has 0 bridgehead atoms. The highest BCUT2D eigenvalue weighted by atomic mass is 35.5. The van der Waals surface area contributed by atoms with E-state index >= 15 is 0 Å². The molecule has 7 heteroatoms. The quantitative estimate of drug-likeness (QED) is 0.280. The first-order chi connectivity index (χ1) is 15.0. The number of fused-ring (bicyclic) bond motifs is 1. The van der Waals surface area contributed by atoms with E-state index in [0.29, 0.717) is 22.7 Å². The Bertz CT molecular complexity index is 1250. The zero-order valence-corrected chi connectivity index (χ0v) is 18.1. The summed E-state index contributed by atoms with van der Waals surface area (Å²) in [5.41, 5.74) is 13.2. The summed E-state index contributed by atoms with van der Waals surface area (Å²) >= 11 is 6.01. The molecule has 2 radical (unpaired) electrons. The standard InChI is InChI=1S/C24H23BClN5/c1-2-16-6-9-18(10-7-16)23-24(31-12-4-3-5-22(31)29-23)21(27)15-30(28)14-17-8-11-20(26)19(25)13-17/h3-13,15H,2,14,27-28H2,1H3/b21-15-. The molecule has 0 fully saturated rings. The summed E-state index contributed by atoms with van der Waals surface area (Å²) in [4.78, 5) is 4.82. The predicted octanol–water partition coefficient (Wildman–Crippen LogP) is 3.64. The Labute approximate surface area is 188 Å². The molecule has 4 aromatic rings. The van der Waals surface area contributed by atoms with E-state index in [2.05, 4.69) is 31.2 Å². The van der Waals surface area contributed by atoms with Crippen LogP contribution in [-0.4, -0.2) is 22.2 Å². The van der Waals surface area contributed by atoms with Gasteiger partial charge >= 0.3 is 0 Å². The summed E-state index contributed by atoms with van der Waals surface area (Å²) in [5, 5.41) is 2.05. The van der Waals surface area contributed by atoms with Crippen molar-refractivity contribution >= 4 is 36.3 Å². The number of halogens is 1. The number of hydrogen-bond donors (Lipinski definition) is 2. The highest BCUT2D eigenvalue weighted by Crippen LogP contribution is 2.28. The molecule has 0 aliphatic heterocycles. The van der Waals surface area contributed by atoms with Gasteiger partial charge in [0.1, 0.15) is 13.5 Å². The van der Waals surface area contributed by atoms with E-state index in [9.17, 15) is 0 Å². The van der Waals surface area contributed by atoms with Gasteiger partial charge in [0, 0.05) is 23.0 Å². The monoisotopic (exact) mass is 427 g/mol. The SMILES string of the molecule is [B]c1cc(CN(N)/C=C(\N)c2c(-c3ccc(CC)cc3)nc3ccccn23)ccc1Cl. The minimum Gasteiger partial charge on any atom is -0.396 e. The molecule has 0 saturated heterocycles. The smallest absolute Gasteiger partial charge is 0.137 e. The van der Waals surface area contributed by atoms with Crippen LogP contribution in [0.25, 0.3) is 22.6 Å². The van der Waals surface area contributed by atoms with Crippen LogP contribution in [0.1, 0.15) is 23.7 Å². The van der Waals surface area contributed by atoms with E-state index in [0.717, 1.165) is 34.6 Å². The summed E-state index contributed by atoms with van der Waals surface area (Å²) in [6.07, 6.45) is 4.64. The van der Waals surface area contributed by atoms with Crippen LogP contribution in [0, 0.1) is 0 Å². The van der Waals surface area contributed by atoms with Crippen molar-refractivity contribution in [3.8, 4) is 11.3 Å².